The SMILES string of the molecule is O=C(Nc1cccc(-c2cccnc2)c1)c1cnc[nH]1. The molecule has 0 fully saturated rings. The van der Waals surface area contributed by atoms with Gasteiger partial charge in [0.25, 0.3) is 5.91 Å². The van der Waals surface area contributed by atoms with Gasteiger partial charge >= 0.3 is 0 Å². The van der Waals surface area contributed by atoms with Crippen molar-refractivity contribution in [2.45, 2.75) is 0 Å². The molecule has 0 aliphatic carbocycles. The van der Waals surface area contributed by atoms with E-state index in [1.54, 1.807) is 12.4 Å². The van der Waals surface area contributed by atoms with E-state index in [1.165, 1.54) is 12.5 Å². The second kappa shape index (κ2) is 5.36. The van der Waals surface area contributed by atoms with E-state index in [1.807, 2.05) is 36.4 Å². The Labute approximate surface area is 115 Å². The van der Waals surface area contributed by atoms with E-state index in [4.69, 9.17) is 0 Å². The summed E-state index contributed by atoms with van der Waals surface area (Å²) in [5.41, 5.74) is 3.16. The first-order chi connectivity index (χ1) is 9.83. The van der Waals surface area contributed by atoms with Gasteiger partial charge in [-0.2, -0.15) is 0 Å². The maximum Gasteiger partial charge on any atom is 0.273 e. The normalized spacial score (nSPS) is 10.2. The van der Waals surface area contributed by atoms with Gasteiger partial charge in [-0.1, -0.05) is 18.2 Å². The van der Waals surface area contributed by atoms with Crippen LogP contribution >= 0.6 is 0 Å². The first kappa shape index (κ1) is 12.1. The lowest BCUT2D eigenvalue weighted by atomic mass is 10.1. The Morgan fingerprint density at radius 2 is 1.95 bits per heavy atom. The Balaban J connectivity index is 1.83. The molecule has 0 aliphatic heterocycles. The molecule has 5 nitrogen and oxygen atoms in total. The molecule has 5 heteroatoms. The summed E-state index contributed by atoms with van der Waals surface area (Å²) < 4.78 is 0. The number of anilines is 1. The van der Waals surface area contributed by atoms with Gasteiger partial charge in [0.2, 0.25) is 0 Å². The molecule has 3 rings (SSSR count). The Hall–Kier alpha value is -2.95. The van der Waals surface area contributed by atoms with Crippen LogP contribution in [0, 0.1) is 0 Å². The predicted octanol–water partition coefficient (Wildman–Crippen LogP) is 2.72. The zero-order chi connectivity index (χ0) is 13.8. The van der Waals surface area contributed by atoms with E-state index in [-0.39, 0.29) is 5.91 Å². The predicted molar refractivity (Wildman–Crippen MR) is 76.2 cm³/mol. The van der Waals surface area contributed by atoms with E-state index in [2.05, 4.69) is 20.3 Å². The van der Waals surface area contributed by atoms with Crippen LogP contribution in [-0.4, -0.2) is 20.9 Å². The van der Waals surface area contributed by atoms with E-state index in [9.17, 15) is 4.79 Å². The fourth-order valence-electron chi connectivity index (χ4n) is 1.89. The molecule has 2 heterocycles. The van der Waals surface area contributed by atoms with Gasteiger partial charge in [-0.3, -0.25) is 9.78 Å². The molecule has 0 spiro atoms. The van der Waals surface area contributed by atoms with Crippen molar-refractivity contribution in [1.29, 1.82) is 0 Å². The lowest BCUT2D eigenvalue weighted by molar-refractivity contribution is 0.102. The highest BCUT2D eigenvalue weighted by molar-refractivity contribution is 6.02. The van der Waals surface area contributed by atoms with Crippen molar-refractivity contribution < 1.29 is 4.79 Å². The van der Waals surface area contributed by atoms with Crippen LogP contribution in [0.2, 0.25) is 0 Å². The number of amides is 1. The number of aromatic nitrogens is 3. The molecule has 0 unspecified atom stereocenters. The van der Waals surface area contributed by atoms with Gasteiger partial charge in [0.05, 0.1) is 12.5 Å². The van der Waals surface area contributed by atoms with Gasteiger partial charge in [0.15, 0.2) is 0 Å². The number of nitrogens with zero attached hydrogens (tertiary/aromatic N) is 2. The third-order valence-electron chi connectivity index (χ3n) is 2.86. The molecule has 0 atom stereocenters. The lowest BCUT2D eigenvalue weighted by Crippen LogP contribution is -2.12. The standard InChI is InChI=1S/C15H12N4O/c20-15(14-9-17-10-18-14)19-13-5-1-3-11(7-13)12-4-2-6-16-8-12/h1-10H,(H,17,18)(H,19,20). The van der Waals surface area contributed by atoms with Crippen molar-refractivity contribution in [1.82, 2.24) is 15.0 Å². The molecule has 2 N–H and O–H groups in total. The number of imidazole rings is 1. The monoisotopic (exact) mass is 264 g/mol. The van der Waals surface area contributed by atoms with Crippen LogP contribution in [-0.2, 0) is 0 Å². The van der Waals surface area contributed by atoms with Crippen LogP contribution in [0.3, 0.4) is 0 Å². The molecule has 0 aliphatic rings. The summed E-state index contributed by atoms with van der Waals surface area (Å²) >= 11 is 0. The van der Waals surface area contributed by atoms with Gasteiger partial charge in [-0.05, 0) is 23.8 Å². The second-order valence-corrected chi connectivity index (χ2v) is 4.24. The van der Waals surface area contributed by atoms with Crippen LogP contribution in [0.25, 0.3) is 11.1 Å². The lowest BCUT2D eigenvalue weighted by Gasteiger charge is -2.06. The number of carbonyl (C=O) groups excluding carboxylic acids is 1. The Bertz CT molecular complexity index is 708. The minimum absolute atomic E-state index is 0.217. The molecule has 0 bridgehead atoms. The summed E-state index contributed by atoms with van der Waals surface area (Å²) in [5, 5.41) is 2.82. The third kappa shape index (κ3) is 2.56. The van der Waals surface area contributed by atoms with E-state index in [0.29, 0.717) is 5.69 Å². The largest absolute Gasteiger partial charge is 0.341 e. The van der Waals surface area contributed by atoms with Gasteiger partial charge in [-0.15, -0.1) is 0 Å². The molecule has 2 aromatic heterocycles. The highest BCUT2D eigenvalue weighted by atomic mass is 16.1. The molecule has 1 aromatic carbocycles. The van der Waals surface area contributed by atoms with E-state index < -0.39 is 0 Å². The van der Waals surface area contributed by atoms with Crippen molar-refractivity contribution >= 4 is 11.6 Å². The third-order valence-corrected chi connectivity index (χ3v) is 2.86. The topological polar surface area (TPSA) is 70.7 Å². The van der Waals surface area contributed by atoms with Crippen LogP contribution in [0.4, 0.5) is 5.69 Å². The number of hydrogen-bond donors (Lipinski definition) is 2. The summed E-state index contributed by atoms with van der Waals surface area (Å²) in [6, 6.07) is 11.5. The number of nitrogens with one attached hydrogen (secondary N) is 2. The molecule has 0 saturated heterocycles. The highest BCUT2D eigenvalue weighted by Crippen LogP contribution is 2.21. The van der Waals surface area contributed by atoms with Crippen LogP contribution in [0.1, 0.15) is 10.5 Å². The van der Waals surface area contributed by atoms with Crippen molar-refractivity contribution in [2.75, 3.05) is 5.32 Å². The van der Waals surface area contributed by atoms with Crippen molar-refractivity contribution in [2.24, 2.45) is 0 Å². The van der Waals surface area contributed by atoms with Gasteiger partial charge in [0.1, 0.15) is 5.69 Å². The number of hydrogen-bond acceptors (Lipinski definition) is 3. The second-order valence-electron chi connectivity index (χ2n) is 4.24. The smallest absolute Gasteiger partial charge is 0.273 e. The minimum atomic E-state index is -0.217. The van der Waals surface area contributed by atoms with Crippen LogP contribution in [0.15, 0.2) is 61.3 Å². The number of benzene rings is 1. The number of aromatic amines is 1. The van der Waals surface area contributed by atoms with E-state index >= 15 is 0 Å². The van der Waals surface area contributed by atoms with Gasteiger partial charge in [-0.25, -0.2) is 4.98 Å². The molecule has 3 aromatic rings. The number of carbonyl (C=O) groups is 1. The molecule has 0 radical (unpaired) electrons. The molecule has 20 heavy (non-hydrogen) atoms. The number of pyridine rings is 1. The summed E-state index contributed by atoms with van der Waals surface area (Å²) in [7, 11) is 0. The van der Waals surface area contributed by atoms with Crippen molar-refractivity contribution in [3.05, 3.63) is 67.0 Å². The maximum atomic E-state index is 11.9. The van der Waals surface area contributed by atoms with E-state index in [0.717, 1.165) is 16.8 Å². The fraction of sp³-hybridized carbons (Fsp3) is 0. The zero-order valence-corrected chi connectivity index (χ0v) is 10.6. The fourth-order valence-corrected chi connectivity index (χ4v) is 1.89. The summed E-state index contributed by atoms with van der Waals surface area (Å²) in [6.45, 7) is 0. The Morgan fingerprint density at radius 3 is 2.70 bits per heavy atom. The minimum Gasteiger partial charge on any atom is -0.341 e. The summed E-state index contributed by atoms with van der Waals surface area (Å²) in [4.78, 5) is 22.6. The zero-order valence-electron chi connectivity index (χ0n) is 10.6. The maximum absolute atomic E-state index is 11.9. The number of H-pyrrole nitrogens is 1. The van der Waals surface area contributed by atoms with Gasteiger partial charge < -0.3 is 10.3 Å². The molecule has 98 valence electrons. The molecular formula is C15H12N4O. The van der Waals surface area contributed by atoms with Gasteiger partial charge in [0, 0.05) is 23.6 Å². The molecular weight excluding hydrogens is 252 g/mol. The Morgan fingerprint density at radius 1 is 1.05 bits per heavy atom. The van der Waals surface area contributed by atoms with Crippen LogP contribution in [0.5, 0.6) is 0 Å². The first-order valence-electron chi connectivity index (χ1n) is 6.13. The molecule has 1 amide bonds. The first-order valence-corrected chi connectivity index (χ1v) is 6.13. The summed E-state index contributed by atoms with van der Waals surface area (Å²) in [6.07, 6.45) is 6.48. The average molecular weight is 264 g/mol. The van der Waals surface area contributed by atoms with Crippen molar-refractivity contribution in [3.63, 3.8) is 0 Å². The van der Waals surface area contributed by atoms with Crippen LogP contribution < -0.4 is 5.32 Å². The van der Waals surface area contributed by atoms with Crippen molar-refractivity contribution in [3.8, 4) is 11.1 Å². The molecule has 0 saturated carbocycles. The number of rotatable bonds is 3. The Kier molecular flexibility index (Phi) is 3.24. The quantitative estimate of drug-likeness (QED) is 0.764. The summed E-state index contributed by atoms with van der Waals surface area (Å²) in [5.74, 6) is -0.217. The highest BCUT2D eigenvalue weighted by Gasteiger charge is 2.07. The average Bonchev–Trinajstić information content (AvgIpc) is 3.03.